The molecule has 10 rings (SSSR count). The molecule has 2 aliphatic rings. The third kappa shape index (κ3) is 44.6. The number of alkyl carbamates (subject to hydrolysis) is 1. The molecular weight excluding hydrogens is 1970 g/mol. The molecule has 0 bridgehead atoms. The molecule has 8 aromatic carbocycles. The third-order valence-corrected chi connectivity index (χ3v) is 27.0. The van der Waals surface area contributed by atoms with Crippen molar-refractivity contribution in [1.29, 1.82) is 0 Å². The van der Waals surface area contributed by atoms with Crippen molar-refractivity contribution in [2.45, 2.75) is 103 Å². The maximum Gasteiger partial charge on any atom is 0.523 e. The molecule has 5 N–H and O–H groups in total. The van der Waals surface area contributed by atoms with Gasteiger partial charge in [-0.3, -0.25) is 22.7 Å². The molecule has 9 atom stereocenters. The smallest absolute Gasteiger partial charge is 0.497 e. The van der Waals surface area contributed by atoms with Gasteiger partial charge in [0.1, 0.15) is 46.9 Å². The zero-order chi connectivity index (χ0) is 101. The predicted molar refractivity (Wildman–Crippen MR) is 491 cm³/mol. The lowest BCUT2D eigenvalue weighted by atomic mass is 10.0. The summed E-state index contributed by atoms with van der Waals surface area (Å²) in [5.74, 6) is -1.59. The van der Waals surface area contributed by atoms with Crippen molar-refractivity contribution in [2.24, 2.45) is 11.8 Å². The van der Waals surface area contributed by atoms with Gasteiger partial charge in [-0.1, -0.05) is 159 Å². The topological polar surface area (TPSA) is 520 Å². The Hall–Kier alpha value is -10.0. The van der Waals surface area contributed by atoms with E-state index in [4.69, 9.17) is 89.2 Å². The molecule has 2 saturated heterocycles. The van der Waals surface area contributed by atoms with Gasteiger partial charge in [0, 0.05) is 13.1 Å². The van der Waals surface area contributed by atoms with E-state index < -0.39 is 170 Å². The highest BCUT2D eigenvalue weighted by atomic mass is 32.2. The Morgan fingerprint density at radius 2 is 0.870 bits per heavy atom. The molecule has 0 saturated carbocycles. The molecule has 1 amide bonds. The van der Waals surface area contributed by atoms with Crippen molar-refractivity contribution >= 4 is 88.1 Å². The first-order chi connectivity index (χ1) is 65.6. The Kier molecular flexibility index (Phi) is 50.4. The molecule has 8 aromatic rings. The zero-order valence-electron chi connectivity index (χ0n) is 76.1. The number of hydrogen-bond donors (Lipinski definition) is 5. The van der Waals surface area contributed by atoms with Gasteiger partial charge in [-0.15, -0.1) is 0 Å². The fourth-order valence-electron chi connectivity index (χ4n) is 11.4. The summed E-state index contributed by atoms with van der Waals surface area (Å²) >= 11 is 0. The normalized spacial score (nSPS) is 16.1. The number of amides is 1. The number of carbonyl (C=O) groups excluding carboxylic acids is 5. The Morgan fingerprint density at radius 3 is 1.26 bits per heavy atom. The first-order valence-electron chi connectivity index (χ1n) is 42.2. The zero-order valence-corrected chi connectivity index (χ0v) is 82.2. The summed E-state index contributed by atoms with van der Waals surface area (Å²) in [5.41, 5.74) is -3.25. The van der Waals surface area contributed by atoms with E-state index >= 15 is 0 Å². The van der Waals surface area contributed by atoms with Crippen LogP contribution < -0.4 is 32.9 Å². The SMILES string of the molecule is CCOC(=O)COP(=O)(CO)Oc1ccccc1.CCOC(=O)COP(=O)(COCc1ccccc1)Oc1ccccc1.CCOC(=O)COP(=O)(COS(=O)(=O)C(F)(F)F)Oc1ccccc1.CCOC(=O)COP(=O)(COc1ccc(C[C@H](NC(=O)O[C@H]2CO[C@H]3OCC[C@H]32)[C@H](O)CN(CC(C)C)S(=O)(=O)c2ccc(OC)cc2)cc1)Oc1ccccc1.O=P(O)(O)COCc1ccccc1. The number of ether oxygens (including phenoxy) is 11. The number of benzene rings is 8. The number of methoxy groups -OCH3 is 1. The highest BCUT2D eigenvalue weighted by Gasteiger charge is 2.50. The number of esters is 4. The second-order valence-corrected chi connectivity index (χ2v) is 41.9. The van der Waals surface area contributed by atoms with Gasteiger partial charge >= 0.3 is 83.6 Å². The van der Waals surface area contributed by atoms with E-state index in [1.54, 1.807) is 148 Å². The van der Waals surface area contributed by atoms with E-state index in [-0.39, 0.29) is 106 Å². The van der Waals surface area contributed by atoms with E-state index in [1.165, 1.54) is 54.7 Å². The number of fused-ring (bicyclic) bond motifs is 1. The number of nitrogens with one attached hydrogen (secondary N) is 1. The van der Waals surface area contributed by atoms with Gasteiger partial charge in [-0.2, -0.15) is 25.9 Å². The van der Waals surface area contributed by atoms with Gasteiger partial charge in [0.15, 0.2) is 51.8 Å². The average Bonchev–Trinajstić information content (AvgIpc) is 1.64. The molecule has 138 heavy (non-hydrogen) atoms. The van der Waals surface area contributed by atoms with Crippen molar-refractivity contribution in [3.8, 4) is 34.5 Å². The van der Waals surface area contributed by atoms with Crippen molar-refractivity contribution < 1.29 is 189 Å². The first-order valence-corrected chi connectivity index (χ1v) is 53.8. The fraction of sp³-hybridized carbons (Fsp3) is 0.398. The van der Waals surface area contributed by atoms with E-state index in [1.807, 2.05) is 80.6 Å². The van der Waals surface area contributed by atoms with Crippen molar-refractivity contribution in [1.82, 2.24) is 9.62 Å². The first kappa shape index (κ1) is 117. The number of rotatable bonds is 51. The van der Waals surface area contributed by atoms with Crippen LogP contribution in [-0.4, -0.2) is 219 Å². The predicted octanol–water partition coefficient (Wildman–Crippen LogP) is 14.8. The minimum Gasteiger partial charge on any atom is -0.497 e. The lowest BCUT2D eigenvalue weighted by molar-refractivity contribution is -0.146. The molecule has 4 unspecified atom stereocenters. The number of sulfonamides is 1. The van der Waals surface area contributed by atoms with Gasteiger partial charge < -0.3 is 95.5 Å². The van der Waals surface area contributed by atoms with E-state index in [2.05, 4.69) is 23.5 Å². The number of alkyl halides is 3. The Labute approximate surface area is 796 Å². The number of nitrogens with zero attached hydrogens (tertiary/aromatic N) is 1. The molecule has 0 spiro atoms. The number of hydrogen-bond acceptors (Lipinski definition) is 36. The van der Waals surface area contributed by atoms with Crippen molar-refractivity contribution in [2.75, 3.05) is 118 Å². The number of aliphatic hydroxyl groups excluding tert-OH is 2. The van der Waals surface area contributed by atoms with Crippen molar-refractivity contribution in [3.63, 3.8) is 0 Å². The van der Waals surface area contributed by atoms with Crippen LogP contribution >= 0.6 is 38.0 Å². The second-order valence-electron chi connectivity index (χ2n) is 29.1. The number of aliphatic hydroxyl groups is 2. The van der Waals surface area contributed by atoms with Crippen LogP contribution in [0.4, 0.5) is 18.0 Å². The fourth-order valence-corrected chi connectivity index (χ4v) is 18.9. The van der Waals surface area contributed by atoms with Crippen molar-refractivity contribution in [3.05, 3.63) is 247 Å². The van der Waals surface area contributed by atoms with Crippen LogP contribution in [0.1, 0.15) is 64.7 Å². The highest BCUT2D eigenvalue weighted by molar-refractivity contribution is 7.89. The molecule has 50 heteroatoms. The summed E-state index contributed by atoms with van der Waals surface area (Å²) in [7, 11) is -28.7. The lowest BCUT2D eigenvalue weighted by Gasteiger charge is -2.31. The van der Waals surface area contributed by atoms with E-state index in [0.29, 0.717) is 35.8 Å². The van der Waals surface area contributed by atoms with Crippen LogP contribution in [0.25, 0.3) is 0 Å². The summed E-state index contributed by atoms with van der Waals surface area (Å²) in [6, 6.07) is 62.4. The van der Waals surface area contributed by atoms with Crippen LogP contribution in [0.5, 0.6) is 34.5 Å². The largest absolute Gasteiger partial charge is 0.523 e. The Morgan fingerprint density at radius 1 is 0.486 bits per heavy atom. The van der Waals surface area contributed by atoms with Crippen LogP contribution in [0, 0.1) is 11.8 Å². The van der Waals surface area contributed by atoms with Gasteiger partial charge in [-0.25, -0.2) is 54.8 Å². The maximum atomic E-state index is 13.9. The average molecular weight is 2080 g/mol. The quantitative estimate of drug-likeness (QED) is 0.00777. The van der Waals surface area contributed by atoms with E-state index in [0.717, 1.165) is 11.1 Å². The monoisotopic (exact) mass is 2080 g/mol. The van der Waals surface area contributed by atoms with Crippen LogP contribution in [0.3, 0.4) is 0 Å². The lowest BCUT2D eigenvalue weighted by Crippen LogP contribution is -2.51. The molecule has 0 aliphatic carbocycles. The summed E-state index contributed by atoms with van der Waals surface area (Å²) in [6.45, 7) is 9.03. The summed E-state index contributed by atoms with van der Waals surface area (Å²) in [6.07, 6.45) is -6.20. The molecule has 2 fully saturated rings. The van der Waals surface area contributed by atoms with Gasteiger partial charge in [-0.05, 0) is 148 Å². The molecular formula is C88H112F3N2O38P5S2. The summed E-state index contributed by atoms with van der Waals surface area (Å²) in [5, 5.41) is 23.5. The number of carbonyl (C=O) groups is 5. The van der Waals surface area contributed by atoms with E-state index in [9.17, 15) is 81.9 Å². The Bertz CT molecular complexity index is 5450. The molecule has 40 nitrogen and oxygen atoms in total. The third-order valence-electron chi connectivity index (χ3n) is 17.7. The summed E-state index contributed by atoms with van der Waals surface area (Å²) in [4.78, 5) is 76.1. The summed E-state index contributed by atoms with van der Waals surface area (Å²) < 4.78 is 251. The molecule has 2 heterocycles. The van der Waals surface area contributed by atoms with Crippen LogP contribution in [0.2, 0.25) is 0 Å². The minimum absolute atomic E-state index is 0.0228. The van der Waals surface area contributed by atoms with Gasteiger partial charge in [0.05, 0.1) is 82.9 Å². The number of halogens is 3. The Balaban J connectivity index is 0.000000298. The molecule has 2 aliphatic heterocycles. The maximum absolute atomic E-state index is 13.9. The van der Waals surface area contributed by atoms with Gasteiger partial charge in [0.2, 0.25) is 16.4 Å². The minimum atomic E-state index is -6.02. The van der Waals surface area contributed by atoms with Crippen LogP contribution in [0.15, 0.2) is 235 Å². The molecule has 760 valence electrons. The molecule has 0 aromatic heterocycles. The standard InChI is InChI=1S/C39H51N2O14PS.C18H21O6P.C12H14F3O8PS.C11H15O6P.C8H11O4P/c1-5-49-37(43)25-53-56(45,55-31-9-7-6-8-10-31)26-52-30-13-11-28(12-14-30)21-34(40-39(44)54-36-24-51-38-33(36)19-20-50-38)35(42)23-41(22-27(2)3)57(46,47)32-17-15-29(48-4)16-18-32;1-2-22-18(19)14-23-25(20,24-17-11-7-4-8-12-17)15-21-13-16-9-5-3-6-10-16;1-2-20-11(16)8-21-24(17,23-10-6-4-3-5-7-10)9-22-25(18,19)12(13,14)15;1-2-15-11(13)8-16-18(14,9-12)17-10-6-4-3-5-7-10;9-13(10,11)7-12-6-8-4-2-1-3-5-8/h6-18,27,33-36,38,42H,5,19-26H2,1-4H3,(H,40,44);3-12H,2,13-15H2,1H3;3-7H,2,8-9H2,1H3;3-7,12H,2,8-9H2,1H3;1-5H,6-7H2,(H2,9,10,11)/t33-,34-,35+,36-,38+,56?;;;;/m0..../s1. The van der Waals surface area contributed by atoms with Crippen LogP contribution in [-0.2, 0) is 147 Å². The second kappa shape index (κ2) is 59.5. The van der Waals surface area contributed by atoms with Gasteiger partial charge in [0.25, 0.3) is 0 Å². The highest BCUT2D eigenvalue weighted by Crippen LogP contribution is 2.52. The number of para-hydroxylation sites is 4. The molecule has 0 radical (unpaired) electrons.